The first-order valence-electron chi connectivity index (χ1n) is 7.66. The molecule has 2 aromatic rings. The van der Waals surface area contributed by atoms with Crippen LogP contribution in [0.15, 0.2) is 60.3 Å². The molecule has 1 aliphatic heterocycles. The normalized spacial score (nSPS) is 15.6. The van der Waals surface area contributed by atoms with Gasteiger partial charge in [-0.05, 0) is 30.3 Å². The van der Waals surface area contributed by atoms with E-state index < -0.39 is 11.8 Å². The molecule has 0 aromatic heterocycles. The summed E-state index contributed by atoms with van der Waals surface area (Å²) in [6.07, 6.45) is 1.32. The fourth-order valence-electron chi connectivity index (χ4n) is 2.51. The molecule has 0 spiro atoms. The Bertz CT molecular complexity index is 837. The second kappa shape index (κ2) is 7.38. The third kappa shape index (κ3) is 3.50. The zero-order valence-electron chi connectivity index (χ0n) is 13.2. The first kappa shape index (κ1) is 17.0. The summed E-state index contributed by atoms with van der Waals surface area (Å²) in [7, 11) is 0. The van der Waals surface area contributed by atoms with Crippen LogP contribution in [0.25, 0.3) is 0 Å². The highest BCUT2D eigenvalue weighted by molar-refractivity contribution is 6.34. The Balaban J connectivity index is 2.14. The maximum absolute atomic E-state index is 13.1. The number of carbonyl (C=O) groups excluding carboxylic acids is 2. The Hall–Kier alpha value is -2.83. The lowest BCUT2D eigenvalue weighted by Gasteiger charge is -2.22. The molecule has 2 aromatic carbocycles. The molecule has 0 bridgehead atoms. The number of rotatable bonds is 4. The average Bonchev–Trinajstić information content (AvgIpc) is 2.71. The molecular formula is C18H16ClN3O3. The second-order valence-electron chi connectivity index (χ2n) is 5.33. The molecule has 1 heterocycles. The van der Waals surface area contributed by atoms with E-state index in [0.29, 0.717) is 22.1 Å². The van der Waals surface area contributed by atoms with Crippen LogP contribution >= 0.6 is 11.6 Å². The molecule has 3 N–H and O–H groups in total. The molecular weight excluding hydrogens is 342 g/mol. The van der Waals surface area contributed by atoms with Gasteiger partial charge in [0.15, 0.2) is 0 Å². The third-order valence-electron chi connectivity index (χ3n) is 3.64. The quantitative estimate of drug-likeness (QED) is 0.446. The number of para-hydroxylation sites is 1. The van der Waals surface area contributed by atoms with E-state index in [1.807, 2.05) is 6.07 Å². The smallest absolute Gasteiger partial charge is 0.269 e. The number of amides is 2. The fraction of sp³-hybridized carbons (Fsp3) is 0.111. The summed E-state index contributed by atoms with van der Waals surface area (Å²) < 4.78 is 0. The van der Waals surface area contributed by atoms with Crippen molar-refractivity contribution >= 4 is 40.5 Å². The number of nitrogens with zero attached hydrogens (tertiary/aromatic N) is 1. The summed E-state index contributed by atoms with van der Waals surface area (Å²) in [6.45, 7) is 0.117. The molecule has 0 radical (unpaired) electrons. The maximum atomic E-state index is 13.1. The van der Waals surface area contributed by atoms with Crippen LogP contribution in [0.4, 0.5) is 17.1 Å². The summed E-state index contributed by atoms with van der Waals surface area (Å²) >= 11 is 6.10. The minimum atomic E-state index is -0.530. The van der Waals surface area contributed by atoms with Crippen LogP contribution in [-0.2, 0) is 9.59 Å². The Morgan fingerprint density at radius 1 is 1.16 bits per heavy atom. The van der Waals surface area contributed by atoms with Crippen LogP contribution in [0.1, 0.15) is 0 Å². The van der Waals surface area contributed by atoms with Gasteiger partial charge >= 0.3 is 0 Å². The number of nitrogens with one attached hydrogen (secondary N) is 2. The van der Waals surface area contributed by atoms with E-state index in [2.05, 4.69) is 10.6 Å². The van der Waals surface area contributed by atoms with Gasteiger partial charge in [-0.25, -0.2) is 0 Å². The Morgan fingerprint density at radius 2 is 1.92 bits per heavy atom. The molecule has 25 heavy (non-hydrogen) atoms. The van der Waals surface area contributed by atoms with Crippen LogP contribution in [0.2, 0.25) is 5.02 Å². The van der Waals surface area contributed by atoms with E-state index >= 15 is 0 Å². The van der Waals surface area contributed by atoms with Gasteiger partial charge in [-0.2, -0.15) is 0 Å². The molecule has 6 nitrogen and oxygen atoms in total. The standard InChI is InChI=1S/C18H16ClN3O3/c19-12-6-7-15-16(10-12)22(13-4-2-1-3-5-13)18(25)14(17(24)21-15)11-20-8-9-23/h1-7,10-11,20,23H,8-9H2,(H,21,24)/b14-11+. The maximum Gasteiger partial charge on any atom is 0.269 e. The van der Waals surface area contributed by atoms with E-state index in [-0.39, 0.29) is 18.7 Å². The van der Waals surface area contributed by atoms with E-state index in [1.54, 1.807) is 42.5 Å². The molecule has 0 atom stereocenters. The van der Waals surface area contributed by atoms with Crippen molar-refractivity contribution in [1.82, 2.24) is 5.32 Å². The number of halogens is 1. The number of hydrogen-bond acceptors (Lipinski definition) is 4. The molecule has 0 fully saturated rings. The molecule has 3 rings (SSSR count). The first-order valence-corrected chi connectivity index (χ1v) is 8.04. The molecule has 7 heteroatoms. The van der Waals surface area contributed by atoms with Gasteiger partial charge in [-0.15, -0.1) is 0 Å². The Kier molecular flexibility index (Phi) is 5.02. The largest absolute Gasteiger partial charge is 0.395 e. The molecule has 0 aliphatic carbocycles. The number of hydrogen-bond donors (Lipinski definition) is 3. The number of aliphatic hydroxyl groups excluding tert-OH is 1. The van der Waals surface area contributed by atoms with Gasteiger partial charge in [-0.1, -0.05) is 29.8 Å². The van der Waals surface area contributed by atoms with E-state index in [0.717, 1.165) is 0 Å². The number of fused-ring (bicyclic) bond motifs is 1. The van der Waals surface area contributed by atoms with E-state index in [4.69, 9.17) is 16.7 Å². The number of aliphatic hydroxyl groups is 1. The summed E-state index contributed by atoms with van der Waals surface area (Å²) in [5.41, 5.74) is 1.52. The Morgan fingerprint density at radius 3 is 2.64 bits per heavy atom. The second-order valence-corrected chi connectivity index (χ2v) is 5.76. The SMILES string of the molecule is O=C1Nc2ccc(Cl)cc2N(c2ccccc2)C(=O)/C1=C/NCCO. The van der Waals surface area contributed by atoms with Crippen molar-refractivity contribution < 1.29 is 14.7 Å². The zero-order chi connectivity index (χ0) is 17.8. The van der Waals surface area contributed by atoms with Crippen LogP contribution in [0.3, 0.4) is 0 Å². The highest BCUT2D eigenvalue weighted by Gasteiger charge is 2.32. The van der Waals surface area contributed by atoms with Crippen LogP contribution < -0.4 is 15.5 Å². The minimum absolute atomic E-state index is 0.0652. The zero-order valence-corrected chi connectivity index (χ0v) is 14.0. The number of benzene rings is 2. The summed E-state index contributed by atoms with van der Waals surface area (Å²) in [4.78, 5) is 27.0. The topological polar surface area (TPSA) is 81.7 Å². The van der Waals surface area contributed by atoms with Crippen molar-refractivity contribution in [2.45, 2.75) is 0 Å². The monoisotopic (exact) mass is 357 g/mol. The molecule has 2 amide bonds. The summed E-state index contributed by atoms with van der Waals surface area (Å²) in [5, 5.41) is 14.8. The van der Waals surface area contributed by atoms with Gasteiger partial charge < -0.3 is 15.7 Å². The highest BCUT2D eigenvalue weighted by Crippen LogP contribution is 2.37. The van der Waals surface area contributed by atoms with Crippen molar-refractivity contribution in [2.75, 3.05) is 23.4 Å². The third-order valence-corrected chi connectivity index (χ3v) is 3.88. The van der Waals surface area contributed by atoms with Gasteiger partial charge in [0.1, 0.15) is 5.57 Å². The number of anilines is 3. The summed E-state index contributed by atoms with van der Waals surface area (Å²) in [6, 6.07) is 13.9. The molecule has 0 unspecified atom stereocenters. The summed E-state index contributed by atoms with van der Waals surface area (Å²) in [5.74, 6) is -1.02. The minimum Gasteiger partial charge on any atom is -0.395 e. The van der Waals surface area contributed by atoms with Crippen molar-refractivity contribution in [3.05, 3.63) is 65.3 Å². The van der Waals surface area contributed by atoms with Crippen LogP contribution in [0, 0.1) is 0 Å². The molecule has 1 aliphatic rings. The van der Waals surface area contributed by atoms with Crippen molar-refractivity contribution in [3.63, 3.8) is 0 Å². The predicted molar refractivity (Wildman–Crippen MR) is 96.8 cm³/mol. The number of carbonyl (C=O) groups is 2. The van der Waals surface area contributed by atoms with Gasteiger partial charge in [0.2, 0.25) is 0 Å². The predicted octanol–water partition coefficient (Wildman–Crippen LogP) is 2.42. The lowest BCUT2D eigenvalue weighted by Crippen LogP contribution is -2.30. The van der Waals surface area contributed by atoms with Crippen molar-refractivity contribution in [1.29, 1.82) is 0 Å². The Labute approximate surface area is 149 Å². The molecule has 128 valence electrons. The molecule has 0 saturated carbocycles. The lowest BCUT2D eigenvalue weighted by molar-refractivity contribution is -0.119. The van der Waals surface area contributed by atoms with Gasteiger partial charge in [0, 0.05) is 23.5 Å². The van der Waals surface area contributed by atoms with Crippen LogP contribution in [-0.4, -0.2) is 30.1 Å². The van der Waals surface area contributed by atoms with E-state index in [9.17, 15) is 9.59 Å². The van der Waals surface area contributed by atoms with E-state index in [1.165, 1.54) is 11.1 Å². The molecule has 0 saturated heterocycles. The first-order chi connectivity index (χ1) is 12.1. The van der Waals surface area contributed by atoms with Gasteiger partial charge in [0.25, 0.3) is 11.8 Å². The van der Waals surface area contributed by atoms with Crippen molar-refractivity contribution in [3.8, 4) is 0 Å². The average molecular weight is 358 g/mol. The van der Waals surface area contributed by atoms with Crippen molar-refractivity contribution in [2.24, 2.45) is 0 Å². The lowest BCUT2D eigenvalue weighted by atomic mass is 10.2. The van der Waals surface area contributed by atoms with Crippen LogP contribution in [0.5, 0.6) is 0 Å². The van der Waals surface area contributed by atoms with Gasteiger partial charge in [0.05, 0.1) is 18.0 Å². The highest BCUT2D eigenvalue weighted by atomic mass is 35.5. The fourth-order valence-corrected chi connectivity index (χ4v) is 2.68. The van der Waals surface area contributed by atoms with Gasteiger partial charge in [-0.3, -0.25) is 14.5 Å².